The first kappa shape index (κ1) is 18.9. The molecule has 7 heteroatoms. The number of pyridine rings is 1. The van der Waals surface area contributed by atoms with Crippen LogP contribution >= 0.6 is 0 Å². The third-order valence-electron chi connectivity index (χ3n) is 5.07. The number of rotatable bonds is 7. The van der Waals surface area contributed by atoms with Gasteiger partial charge >= 0.3 is 0 Å². The van der Waals surface area contributed by atoms with Crippen molar-refractivity contribution in [2.45, 2.75) is 19.5 Å². The van der Waals surface area contributed by atoms with E-state index >= 15 is 0 Å². The Labute approximate surface area is 165 Å². The van der Waals surface area contributed by atoms with Gasteiger partial charge in [-0.05, 0) is 31.2 Å². The third-order valence-corrected chi connectivity index (χ3v) is 5.07. The molecule has 0 saturated carbocycles. The van der Waals surface area contributed by atoms with Crippen LogP contribution in [0.3, 0.4) is 0 Å². The summed E-state index contributed by atoms with van der Waals surface area (Å²) in [6, 6.07) is 8.29. The Morgan fingerprint density at radius 3 is 2.79 bits per heavy atom. The molecule has 148 valence electrons. The highest BCUT2D eigenvalue weighted by atomic mass is 16.5. The topological polar surface area (TPSA) is 68.4 Å². The van der Waals surface area contributed by atoms with Gasteiger partial charge in [-0.15, -0.1) is 0 Å². The third kappa shape index (κ3) is 4.32. The zero-order valence-corrected chi connectivity index (χ0v) is 16.5. The summed E-state index contributed by atoms with van der Waals surface area (Å²) in [6.45, 7) is 6.89. The average molecular weight is 381 g/mol. The zero-order chi connectivity index (χ0) is 19.3. The molecular formula is C21H27N5O2. The lowest BCUT2D eigenvalue weighted by Crippen LogP contribution is -2.42. The number of morpholine rings is 1. The Morgan fingerprint density at radius 2 is 2.07 bits per heavy atom. The second-order valence-corrected chi connectivity index (χ2v) is 7.16. The standard InChI is InChI=1S/C21H27N5O2/c1-16-5-6-20(28-16)19(26-8-10-27-11-9-26)14-23-13-18-15-25(2)24-21(18)17-4-3-7-22-12-17/h3-7,12,15,19,23H,8-11,13-14H2,1-2H3. The second kappa shape index (κ2) is 8.68. The molecule has 28 heavy (non-hydrogen) atoms. The van der Waals surface area contributed by atoms with E-state index in [9.17, 15) is 0 Å². The first-order chi connectivity index (χ1) is 13.7. The molecule has 1 fully saturated rings. The molecule has 1 aliphatic rings. The summed E-state index contributed by atoms with van der Waals surface area (Å²) in [6.07, 6.45) is 5.70. The minimum Gasteiger partial charge on any atom is -0.465 e. The lowest BCUT2D eigenvalue weighted by molar-refractivity contribution is 0.0115. The summed E-state index contributed by atoms with van der Waals surface area (Å²) >= 11 is 0. The molecule has 0 aromatic carbocycles. The lowest BCUT2D eigenvalue weighted by Gasteiger charge is -2.33. The highest BCUT2D eigenvalue weighted by Crippen LogP contribution is 2.24. The van der Waals surface area contributed by atoms with Crippen molar-refractivity contribution >= 4 is 0 Å². The molecule has 3 aromatic rings. The fourth-order valence-corrected chi connectivity index (χ4v) is 3.69. The molecule has 4 heterocycles. The minimum atomic E-state index is 0.191. The van der Waals surface area contributed by atoms with Gasteiger partial charge in [0.15, 0.2) is 0 Å². The molecular weight excluding hydrogens is 354 g/mol. The largest absolute Gasteiger partial charge is 0.465 e. The molecule has 7 nitrogen and oxygen atoms in total. The van der Waals surface area contributed by atoms with Gasteiger partial charge in [0.25, 0.3) is 0 Å². The Kier molecular flexibility index (Phi) is 5.85. The summed E-state index contributed by atoms with van der Waals surface area (Å²) < 4.78 is 13.3. The van der Waals surface area contributed by atoms with Gasteiger partial charge in [0, 0.05) is 62.9 Å². The summed E-state index contributed by atoms with van der Waals surface area (Å²) in [7, 11) is 1.95. The number of nitrogens with zero attached hydrogens (tertiary/aromatic N) is 4. The van der Waals surface area contributed by atoms with Gasteiger partial charge in [-0.1, -0.05) is 0 Å². The molecule has 1 saturated heterocycles. The van der Waals surface area contributed by atoms with E-state index < -0.39 is 0 Å². The lowest BCUT2D eigenvalue weighted by atomic mass is 10.1. The van der Waals surface area contributed by atoms with Crippen molar-refractivity contribution in [3.05, 3.63) is 59.9 Å². The van der Waals surface area contributed by atoms with Gasteiger partial charge in [0.05, 0.1) is 24.9 Å². The maximum Gasteiger partial charge on any atom is 0.122 e. The van der Waals surface area contributed by atoms with E-state index in [1.54, 1.807) is 6.20 Å². The predicted molar refractivity (Wildman–Crippen MR) is 107 cm³/mol. The van der Waals surface area contributed by atoms with Crippen LogP contribution in [0, 0.1) is 6.92 Å². The first-order valence-electron chi connectivity index (χ1n) is 9.72. The number of aromatic nitrogens is 3. The van der Waals surface area contributed by atoms with Gasteiger partial charge in [0.1, 0.15) is 11.5 Å². The minimum absolute atomic E-state index is 0.191. The van der Waals surface area contributed by atoms with Gasteiger partial charge in [-0.3, -0.25) is 14.6 Å². The number of hydrogen-bond acceptors (Lipinski definition) is 6. The highest BCUT2D eigenvalue weighted by molar-refractivity contribution is 5.61. The van der Waals surface area contributed by atoms with Crippen molar-refractivity contribution < 1.29 is 9.15 Å². The monoisotopic (exact) mass is 381 g/mol. The van der Waals surface area contributed by atoms with Crippen LogP contribution in [-0.2, 0) is 18.3 Å². The normalized spacial score (nSPS) is 16.4. The van der Waals surface area contributed by atoms with E-state index in [1.807, 2.05) is 43.0 Å². The van der Waals surface area contributed by atoms with Crippen LogP contribution < -0.4 is 5.32 Å². The van der Waals surface area contributed by atoms with Crippen molar-refractivity contribution in [3.8, 4) is 11.3 Å². The summed E-state index contributed by atoms with van der Waals surface area (Å²) in [4.78, 5) is 6.65. The van der Waals surface area contributed by atoms with E-state index in [-0.39, 0.29) is 6.04 Å². The SMILES string of the molecule is Cc1ccc(C(CNCc2cn(C)nc2-c2cccnc2)N2CCOCC2)o1. The Hall–Kier alpha value is -2.48. The van der Waals surface area contributed by atoms with E-state index in [4.69, 9.17) is 9.15 Å². The van der Waals surface area contributed by atoms with Crippen LogP contribution in [0.1, 0.15) is 23.1 Å². The maximum absolute atomic E-state index is 5.95. The average Bonchev–Trinajstić information content (AvgIpc) is 3.32. The van der Waals surface area contributed by atoms with E-state index in [1.165, 1.54) is 0 Å². The molecule has 0 spiro atoms. The molecule has 1 aliphatic heterocycles. The van der Waals surface area contributed by atoms with Crippen molar-refractivity contribution in [1.82, 2.24) is 25.0 Å². The summed E-state index contributed by atoms with van der Waals surface area (Å²) in [5, 5.41) is 8.24. The van der Waals surface area contributed by atoms with Gasteiger partial charge in [-0.2, -0.15) is 5.10 Å². The molecule has 0 radical (unpaired) electrons. The quantitative estimate of drug-likeness (QED) is 0.678. The smallest absolute Gasteiger partial charge is 0.122 e. The number of ether oxygens (including phenoxy) is 1. The van der Waals surface area contributed by atoms with E-state index in [2.05, 4.69) is 32.6 Å². The van der Waals surface area contributed by atoms with Gasteiger partial charge < -0.3 is 14.5 Å². The summed E-state index contributed by atoms with van der Waals surface area (Å²) in [5.41, 5.74) is 3.16. The van der Waals surface area contributed by atoms with Crippen molar-refractivity contribution in [2.24, 2.45) is 7.05 Å². The molecule has 4 rings (SSSR count). The van der Waals surface area contributed by atoms with E-state index in [0.29, 0.717) is 0 Å². The molecule has 0 aliphatic carbocycles. The fourth-order valence-electron chi connectivity index (χ4n) is 3.69. The number of aryl methyl sites for hydroxylation is 2. The molecule has 3 aromatic heterocycles. The number of hydrogen-bond donors (Lipinski definition) is 1. The van der Waals surface area contributed by atoms with Crippen LogP contribution in [0.5, 0.6) is 0 Å². The van der Waals surface area contributed by atoms with Crippen LogP contribution in [0.25, 0.3) is 11.3 Å². The van der Waals surface area contributed by atoms with Crippen molar-refractivity contribution in [3.63, 3.8) is 0 Å². The predicted octanol–water partition coefficient (Wildman–Crippen LogP) is 2.55. The first-order valence-corrected chi connectivity index (χ1v) is 9.72. The van der Waals surface area contributed by atoms with Crippen molar-refractivity contribution in [1.29, 1.82) is 0 Å². The highest BCUT2D eigenvalue weighted by Gasteiger charge is 2.25. The number of nitrogens with one attached hydrogen (secondary N) is 1. The van der Waals surface area contributed by atoms with Crippen molar-refractivity contribution in [2.75, 3.05) is 32.8 Å². The van der Waals surface area contributed by atoms with Gasteiger partial charge in [-0.25, -0.2) is 0 Å². The second-order valence-electron chi connectivity index (χ2n) is 7.16. The molecule has 0 amide bonds. The molecule has 1 unspecified atom stereocenters. The number of furan rings is 1. The van der Waals surface area contributed by atoms with E-state index in [0.717, 1.165) is 67.7 Å². The Morgan fingerprint density at radius 1 is 1.21 bits per heavy atom. The van der Waals surface area contributed by atoms with Gasteiger partial charge in [0.2, 0.25) is 0 Å². The molecule has 1 atom stereocenters. The van der Waals surface area contributed by atoms with Crippen LogP contribution in [0.2, 0.25) is 0 Å². The zero-order valence-electron chi connectivity index (χ0n) is 16.5. The Bertz CT molecular complexity index is 883. The molecule has 1 N–H and O–H groups in total. The fraction of sp³-hybridized carbons (Fsp3) is 0.429. The summed E-state index contributed by atoms with van der Waals surface area (Å²) in [5.74, 6) is 1.95. The van der Waals surface area contributed by atoms with Crippen LogP contribution in [0.4, 0.5) is 0 Å². The maximum atomic E-state index is 5.95. The molecule has 0 bridgehead atoms. The van der Waals surface area contributed by atoms with Crippen LogP contribution in [-0.4, -0.2) is 52.5 Å². The Balaban J connectivity index is 1.46. The van der Waals surface area contributed by atoms with Crippen LogP contribution in [0.15, 0.2) is 47.3 Å².